The van der Waals surface area contributed by atoms with E-state index >= 15 is 0 Å². The van der Waals surface area contributed by atoms with E-state index < -0.39 is 17.9 Å². The molecule has 0 saturated carbocycles. The number of anilines is 2. The third-order valence-corrected chi connectivity index (χ3v) is 3.21. The first kappa shape index (κ1) is 17.0. The fourth-order valence-corrected chi connectivity index (χ4v) is 2.05. The standard InChI is InChI=1S/C15H17N5O4/c1-8(21)19-12-4-9(2-3-11(12)16)14(22)20-13(15(23)24)5-10-6-17-7-18-10/h2-4,6-7,13H,5,16H2,1H3,(H,17,18)(H,19,21)(H,20,22)(H,23,24). The van der Waals surface area contributed by atoms with Crippen molar-refractivity contribution in [2.75, 3.05) is 11.1 Å². The molecule has 9 nitrogen and oxygen atoms in total. The zero-order chi connectivity index (χ0) is 17.7. The highest BCUT2D eigenvalue weighted by atomic mass is 16.4. The number of carbonyl (C=O) groups is 3. The molecular formula is C15H17N5O4. The molecule has 0 saturated heterocycles. The Hall–Kier alpha value is -3.36. The fraction of sp³-hybridized carbons (Fsp3) is 0.200. The number of aliphatic carboxylic acids is 1. The van der Waals surface area contributed by atoms with Crippen LogP contribution in [0.15, 0.2) is 30.7 Å². The summed E-state index contributed by atoms with van der Waals surface area (Å²) >= 11 is 0. The van der Waals surface area contributed by atoms with Crippen LogP contribution in [0.1, 0.15) is 23.0 Å². The van der Waals surface area contributed by atoms with E-state index in [2.05, 4.69) is 20.6 Å². The van der Waals surface area contributed by atoms with Crippen LogP contribution in [-0.4, -0.2) is 38.9 Å². The number of imidazole rings is 1. The van der Waals surface area contributed by atoms with Gasteiger partial charge in [0.05, 0.1) is 17.7 Å². The summed E-state index contributed by atoms with van der Waals surface area (Å²) in [6.07, 6.45) is 2.98. The van der Waals surface area contributed by atoms with Crippen LogP contribution in [0, 0.1) is 0 Å². The average molecular weight is 331 g/mol. The van der Waals surface area contributed by atoms with Crippen LogP contribution in [0.5, 0.6) is 0 Å². The van der Waals surface area contributed by atoms with Gasteiger partial charge >= 0.3 is 5.97 Å². The maximum absolute atomic E-state index is 12.3. The zero-order valence-corrected chi connectivity index (χ0v) is 12.9. The van der Waals surface area contributed by atoms with Gasteiger partial charge in [0.1, 0.15) is 6.04 Å². The number of benzene rings is 1. The molecule has 126 valence electrons. The van der Waals surface area contributed by atoms with Crippen molar-refractivity contribution in [3.05, 3.63) is 42.0 Å². The summed E-state index contributed by atoms with van der Waals surface area (Å²) in [5.74, 6) is -2.09. The lowest BCUT2D eigenvalue weighted by Gasteiger charge is -2.15. The molecule has 6 N–H and O–H groups in total. The van der Waals surface area contributed by atoms with Gasteiger partial charge in [-0.05, 0) is 18.2 Å². The van der Waals surface area contributed by atoms with Crippen LogP contribution >= 0.6 is 0 Å². The van der Waals surface area contributed by atoms with Crippen LogP contribution in [0.3, 0.4) is 0 Å². The SMILES string of the molecule is CC(=O)Nc1cc(C(=O)NC(Cc2cnc[nH]2)C(=O)O)ccc1N. The average Bonchev–Trinajstić information content (AvgIpc) is 3.01. The molecule has 0 aliphatic heterocycles. The lowest BCUT2D eigenvalue weighted by molar-refractivity contribution is -0.139. The van der Waals surface area contributed by atoms with Crippen molar-refractivity contribution in [3.63, 3.8) is 0 Å². The van der Waals surface area contributed by atoms with Crippen LogP contribution < -0.4 is 16.4 Å². The highest BCUT2D eigenvalue weighted by molar-refractivity contribution is 6.00. The van der Waals surface area contributed by atoms with E-state index in [-0.39, 0.29) is 23.6 Å². The lowest BCUT2D eigenvalue weighted by atomic mass is 10.1. The topological polar surface area (TPSA) is 150 Å². The number of aromatic nitrogens is 2. The zero-order valence-electron chi connectivity index (χ0n) is 12.9. The molecule has 1 heterocycles. The molecule has 24 heavy (non-hydrogen) atoms. The third kappa shape index (κ3) is 4.32. The number of nitrogen functional groups attached to an aromatic ring is 1. The van der Waals surface area contributed by atoms with Crippen LogP contribution in [0.2, 0.25) is 0 Å². The molecule has 9 heteroatoms. The van der Waals surface area contributed by atoms with E-state index in [9.17, 15) is 19.5 Å². The Morgan fingerprint density at radius 1 is 1.38 bits per heavy atom. The van der Waals surface area contributed by atoms with E-state index in [4.69, 9.17) is 5.73 Å². The second-order valence-corrected chi connectivity index (χ2v) is 5.13. The van der Waals surface area contributed by atoms with Gasteiger partial charge in [-0.2, -0.15) is 0 Å². The van der Waals surface area contributed by atoms with Crippen molar-refractivity contribution in [3.8, 4) is 0 Å². The number of carbonyl (C=O) groups excluding carboxylic acids is 2. The monoisotopic (exact) mass is 331 g/mol. The molecule has 0 aliphatic rings. The van der Waals surface area contributed by atoms with Crippen LogP contribution in [0.4, 0.5) is 11.4 Å². The Labute approximate surface area is 137 Å². The minimum Gasteiger partial charge on any atom is -0.480 e. The van der Waals surface area contributed by atoms with Gasteiger partial charge in [0, 0.05) is 30.8 Å². The number of nitrogens with two attached hydrogens (primary N) is 1. The molecule has 0 bridgehead atoms. The maximum Gasteiger partial charge on any atom is 0.326 e. The maximum atomic E-state index is 12.3. The van der Waals surface area contributed by atoms with E-state index in [1.165, 1.54) is 37.6 Å². The predicted molar refractivity (Wildman–Crippen MR) is 86.3 cm³/mol. The van der Waals surface area contributed by atoms with Crippen molar-refractivity contribution < 1.29 is 19.5 Å². The first-order chi connectivity index (χ1) is 11.4. The Kier molecular flexibility index (Phi) is 5.15. The van der Waals surface area contributed by atoms with Gasteiger partial charge in [-0.15, -0.1) is 0 Å². The van der Waals surface area contributed by atoms with Gasteiger partial charge in [0.15, 0.2) is 0 Å². The first-order valence-corrected chi connectivity index (χ1v) is 7.05. The highest BCUT2D eigenvalue weighted by Gasteiger charge is 2.22. The molecule has 2 amide bonds. The number of carboxylic acid groups (broad SMARTS) is 1. The Morgan fingerprint density at radius 2 is 2.12 bits per heavy atom. The van der Waals surface area contributed by atoms with Crippen molar-refractivity contribution in [2.24, 2.45) is 0 Å². The number of nitrogens with one attached hydrogen (secondary N) is 3. The molecule has 2 rings (SSSR count). The summed E-state index contributed by atoms with van der Waals surface area (Å²) < 4.78 is 0. The first-order valence-electron chi connectivity index (χ1n) is 7.05. The number of H-pyrrole nitrogens is 1. The smallest absolute Gasteiger partial charge is 0.326 e. The summed E-state index contributed by atoms with van der Waals surface area (Å²) in [7, 11) is 0. The molecule has 0 fully saturated rings. The molecule has 0 radical (unpaired) electrons. The summed E-state index contributed by atoms with van der Waals surface area (Å²) in [4.78, 5) is 41.3. The summed E-state index contributed by atoms with van der Waals surface area (Å²) in [5.41, 5.74) is 7.08. The summed E-state index contributed by atoms with van der Waals surface area (Å²) in [6, 6.07) is 3.18. The van der Waals surface area contributed by atoms with Gasteiger partial charge < -0.3 is 26.5 Å². The number of hydrogen-bond donors (Lipinski definition) is 5. The van der Waals surface area contributed by atoms with Gasteiger partial charge in [0.2, 0.25) is 5.91 Å². The van der Waals surface area contributed by atoms with Crippen LogP contribution in [-0.2, 0) is 16.0 Å². The largest absolute Gasteiger partial charge is 0.480 e. The Bertz CT molecular complexity index is 757. The van der Waals surface area contributed by atoms with Gasteiger partial charge in [0.25, 0.3) is 5.91 Å². The molecule has 0 spiro atoms. The Morgan fingerprint density at radius 3 is 2.71 bits per heavy atom. The summed E-state index contributed by atoms with van der Waals surface area (Å²) in [6.45, 7) is 1.32. The van der Waals surface area contributed by atoms with Crippen molar-refractivity contribution >= 4 is 29.2 Å². The molecule has 1 aromatic carbocycles. The highest BCUT2D eigenvalue weighted by Crippen LogP contribution is 2.20. The number of aromatic amines is 1. The lowest BCUT2D eigenvalue weighted by Crippen LogP contribution is -2.42. The molecule has 1 unspecified atom stereocenters. The van der Waals surface area contributed by atoms with Gasteiger partial charge in [-0.25, -0.2) is 9.78 Å². The van der Waals surface area contributed by atoms with Gasteiger partial charge in [-0.1, -0.05) is 0 Å². The van der Waals surface area contributed by atoms with E-state index in [1.54, 1.807) is 0 Å². The minimum atomic E-state index is -1.17. The quantitative estimate of drug-likeness (QED) is 0.483. The molecule has 2 aromatic rings. The molecule has 1 aromatic heterocycles. The second kappa shape index (κ2) is 7.27. The normalized spacial score (nSPS) is 11.5. The number of rotatable bonds is 6. The number of carboxylic acids is 1. The number of nitrogens with zero attached hydrogens (tertiary/aromatic N) is 1. The number of hydrogen-bond acceptors (Lipinski definition) is 5. The second-order valence-electron chi connectivity index (χ2n) is 5.13. The van der Waals surface area contributed by atoms with Crippen molar-refractivity contribution in [2.45, 2.75) is 19.4 Å². The molecular weight excluding hydrogens is 314 g/mol. The van der Waals surface area contributed by atoms with E-state index in [0.29, 0.717) is 11.4 Å². The molecule has 1 atom stereocenters. The van der Waals surface area contributed by atoms with Gasteiger partial charge in [-0.3, -0.25) is 9.59 Å². The summed E-state index contributed by atoms with van der Waals surface area (Å²) in [5, 5.41) is 14.2. The minimum absolute atomic E-state index is 0.0641. The molecule has 0 aliphatic carbocycles. The number of amides is 2. The van der Waals surface area contributed by atoms with E-state index in [1.807, 2.05) is 0 Å². The van der Waals surface area contributed by atoms with Crippen molar-refractivity contribution in [1.82, 2.24) is 15.3 Å². The third-order valence-electron chi connectivity index (χ3n) is 3.21. The van der Waals surface area contributed by atoms with E-state index in [0.717, 1.165) is 0 Å². The van der Waals surface area contributed by atoms with Crippen molar-refractivity contribution in [1.29, 1.82) is 0 Å². The Balaban J connectivity index is 2.14. The predicted octanol–water partition coefficient (Wildman–Crippen LogP) is 0.376. The fourth-order valence-electron chi connectivity index (χ4n) is 2.05. The van der Waals surface area contributed by atoms with Crippen LogP contribution in [0.25, 0.3) is 0 Å².